The Bertz CT molecular complexity index is 809. The number of halogens is 3. The molecule has 2 aromatic rings. The van der Waals surface area contributed by atoms with Crippen LogP contribution in [0.15, 0.2) is 42.5 Å². The van der Waals surface area contributed by atoms with Gasteiger partial charge in [-0.25, -0.2) is 4.79 Å². The number of urea groups is 1. The predicted molar refractivity (Wildman–Crippen MR) is 89.7 cm³/mol. The van der Waals surface area contributed by atoms with Crippen molar-refractivity contribution in [1.29, 1.82) is 5.26 Å². The van der Waals surface area contributed by atoms with E-state index in [0.29, 0.717) is 17.8 Å². The molecule has 0 aromatic heterocycles. The molecule has 2 amide bonds. The summed E-state index contributed by atoms with van der Waals surface area (Å²) in [5, 5.41) is 11.5. The fraction of sp³-hybridized carbons (Fsp3) is 0.176. The number of nitrogens with one attached hydrogen (secondary N) is 1. The fourth-order valence-corrected chi connectivity index (χ4v) is 2.30. The van der Waals surface area contributed by atoms with Crippen LogP contribution in [-0.2, 0) is 6.54 Å². The Balaban J connectivity index is 2.01. The Hall–Kier alpha value is -2.85. The summed E-state index contributed by atoms with van der Waals surface area (Å²) in [5.74, 6) is -0.170. The Morgan fingerprint density at radius 3 is 2.76 bits per heavy atom. The van der Waals surface area contributed by atoms with Crippen LogP contribution in [0.1, 0.15) is 11.1 Å². The Labute approximate surface area is 148 Å². The minimum absolute atomic E-state index is 0.0394. The monoisotopic (exact) mass is 365 g/mol. The number of ether oxygens (including phenoxy) is 1. The van der Waals surface area contributed by atoms with Crippen LogP contribution >= 0.6 is 11.6 Å². The maximum absolute atomic E-state index is 12.2. The van der Waals surface area contributed by atoms with Gasteiger partial charge < -0.3 is 15.0 Å². The molecule has 2 aromatic carbocycles. The van der Waals surface area contributed by atoms with E-state index in [2.05, 4.69) is 10.1 Å². The van der Waals surface area contributed by atoms with Crippen LogP contribution in [0.5, 0.6) is 5.75 Å². The summed E-state index contributed by atoms with van der Waals surface area (Å²) in [4.78, 5) is 13.6. The number of benzene rings is 2. The van der Waals surface area contributed by atoms with Crippen LogP contribution in [0.2, 0.25) is 5.02 Å². The average molecular weight is 366 g/mol. The number of rotatable bonds is 5. The highest BCUT2D eigenvalue weighted by molar-refractivity contribution is 6.32. The quantitative estimate of drug-likeness (QED) is 0.849. The Morgan fingerprint density at radius 2 is 2.12 bits per heavy atom. The van der Waals surface area contributed by atoms with E-state index in [1.54, 1.807) is 31.3 Å². The zero-order chi connectivity index (χ0) is 18.4. The van der Waals surface area contributed by atoms with Crippen LogP contribution in [-0.4, -0.2) is 24.6 Å². The summed E-state index contributed by atoms with van der Waals surface area (Å²) in [5.41, 5.74) is 1.65. The Kier molecular flexibility index (Phi) is 6.14. The molecule has 1 N–H and O–H groups in total. The third-order valence-electron chi connectivity index (χ3n) is 3.22. The lowest BCUT2D eigenvalue weighted by Crippen LogP contribution is -2.30. The van der Waals surface area contributed by atoms with E-state index in [1.807, 2.05) is 6.07 Å². The topological polar surface area (TPSA) is 65.4 Å². The lowest BCUT2D eigenvalue weighted by atomic mass is 10.1. The van der Waals surface area contributed by atoms with Crippen molar-refractivity contribution in [3.05, 3.63) is 58.6 Å². The van der Waals surface area contributed by atoms with Gasteiger partial charge in [0.05, 0.1) is 16.7 Å². The van der Waals surface area contributed by atoms with Gasteiger partial charge in [-0.2, -0.15) is 14.0 Å². The van der Waals surface area contributed by atoms with E-state index >= 15 is 0 Å². The first-order valence-electron chi connectivity index (χ1n) is 7.14. The van der Waals surface area contributed by atoms with Gasteiger partial charge in [-0.1, -0.05) is 23.7 Å². The molecule has 25 heavy (non-hydrogen) atoms. The first-order chi connectivity index (χ1) is 11.9. The van der Waals surface area contributed by atoms with Gasteiger partial charge in [-0.15, -0.1) is 0 Å². The number of nitrogens with zero attached hydrogens (tertiary/aromatic N) is 2. The molecular weight excluding hydrogens is 352 g/mol. The molecule has 0 aliphatic heterocycles. The average Bonchev–Trinajstić information content (AvgIpc) is 2.57. The number of alkyl halides is 2. The first-order valence-corrected chi connectivity index (χ1v) is 7.52. The van der Waals surface area contributed by atoms with Crippen molar-refractivity contribution in [3.8, 4) is 11.8 Å². The number of anilines is 1. The molecule has 0 fully saturated rings. The van der Waals surface area contributed by atoms with Crippen LogP contribution < -0.4 is 10.1 Å². The van der Waals surface area contributed by atoms with Crippen LogP contribution in [0, 0.1) is 11.3 Å². The second kappa shape index (κ2) is 8.31. The van der Waals surface area contributed by atoms with E-state index in [0.717, 1.165) is 5.56 Å². The minimum atomic E-state index is -2.98. The van der Waals surface area contributed by atoms with Gasteiger partial charge in [0.25, 0.3) is 0 Å². The van der Waals surface area contributed by atoms with Gasteiger partial charge in [0.15, 0.2) is 0 Å². The molecular formula is C17H14ClF2N3O2. The summed E-state index contributed by atoms with van der Waals surface area (Å²) < 4.78 is 28.6. The number of hydrogen-bond donors (Lipinski definition) is 1. The summed E-state index contributed by atoms with van der Waals surface area (Å²) in [7, 11) is 1.59. The van der Waals surface area contributed by atoms with Crippen molar-refractivity contribution in [2.45, 2.75) is 13.2 Å². The summed E-state index contributed by atoms with van der Waals surface area (Å²) >= 11 is 5.85. The minimum Gasteiger partial charge on any atom is -0.433 e. The fourth-order valence-electron chi connectivity index (χ4n) is 2.07. The van der Waals surface area contributed by atoms with Gasteiger partial charge in [0.2, 0.25) is 0 Å². The molecule has 0 spiro atoms. The van der Waals surface area contributed by atoms with E-state index in [-0.39, 0.29) is 10.8 Å². The predicted octanol–water partition coefficient (Wildman–Crippen LogP) is 4.48. The third kappa shape index (κ3) is 5.33. The standard InChI is InChI=1S/C17H14ClF2N3O2/c1-23(10-12-4-2-3-11(7-12)9-21)17(24)22-13-5-6-15(14(18)8-13)25-16(19)20/h2-8,16H,10H2,1H3,(H,22,24). The van der Waals surface area contributed by atoms with Crippen molar-refractivity contribution in [2.75, 3.05) is 12.4 Å². The third-order valence-corrected chi connectivity index (χ3v) is 3.52. The second-order valence-electron chi connectivity index (χ2n) is 5.12. The van der Waals surface area contributed by atoms with E-state index < -0.39 is 12.6 Å². The van der Waals surface area contributed by atoms with Crippen molar-refractivity contribution in [2.24, 2.45) is 0 Å². The molecule has 5 nitrogen and oxygen atoms in total. The molecule has 0 atom stereocenters. The second-order valence-corrected chi connectivity index (χ2v) is 5.53. The SMILES string of the molecule is CN(Cc1cccc(C#N)c1)C(=O)Nc1ccc(OC(F)F)c(Cl)c1. The highest BCUT2D eigenvalue weighted by Crippen LogP contribution is 2.29. The maximum atomic E-state index is 12.2. The summed E-state index contributed by atoms with van der Waals surface area (Å²) in [6, 6.07) is 12.5. The van der Waals surface area contributed by atoms with E-state index in [4.69, 9.17) is 16.9 Å². The zero-order valence-corrected chi connectivity index (χ0v) is 13.9. The molecule has 0 unspecified atom stereocenters. The van der Waals surface area contributed by atoms with Crippen molar-refractivity contribution in [1.82, 2.24) is 4.90 Å². The van der Waals surface area contributed by atoms with Gasteiger partial charge in [0.1, 0.15) is 5.75 Å². The van der Waals surface area contributed by atoms with Crippen LogP contribution in [0.4, 0.5) is 19.3 Å². The molecule has 0 saturated heterocycles. The molecule has 0 heterocycles. The lowest BCUT2D eigenvalue weighted by Gasteiger charge is -2.18. The summed E-state index contributed by atoms with van der Waals surface area (Å²) in [6.45, 7) is -2.69. The Morgan fingerprint density at radius 1 is 1.36 bits per heavy atom. The zero-order valence-electron chi connectivity index (χ0n) is 13.2. The molecule has 2 rings (SSSR count). The van der Waals surface area contributed by atoms with Crippen molar-refractivity contribution >= 4 is 23.3 Å². The number of amides is 2. The molecule has 0 aliphatic carbocycles. The van der Waals surface area contributed by atoms with Gasteiger partial charge in [0, 0.05) is 19.3 Å². The smallest absolute Gasteiger partial charge is 0.387 e. The number of nitriles is 1. The van der Waals surface area contributed by atoms with Gasteiger partial charge in [-0.05, 0) is 35.9 Å². The van der Waals surface area contributed by atoms with Crippen molar-refractivity contribution in [3.63, 3.8) is 0 Å². The molecule has 0 bridgehead atoms. The largest absolute Gasteiger partial charge is 0.433 e. The van der Waals surface area contributed by atoms with Crippen LogP contribution in [0.25, 0.3) is 0 Å². The maximum Gasteiger partial charge on any atom is 0.387 e. The lowest BCUT2D eigenvalue weighted by molar-refractivity contribution is -0.0497. The molecule has 8 heteroatoms. The van der Waals surface area contributed by atoms with E-state index in [9.17, 15) is 13.6 Å². The van der Waals surface area contributed by atoms with Crippen molar-refractivity contribution < 1.29 is 18.3 Å². The highest BCUT2D eigenvalue weighted by Gasteiger charge is 2.13. The highest BCUT2D eigenvalue weighted by atomic mass is 35.5. The van der Waals surface area contributed by atoms with E-state index in [1.165, 1.54) is 23.1 Å². The van der Waals surface area contributed by atoms with Gasteiger partial charge >= 0.3 is 12.6 Å². The molecule has 130 valence electrons. The van der Waals surface area contributed by atoms with Gasteiger partial charge in [-0.3, -0.25) is 0 Å². The van der Waals surface area contributed by atoms with Crippen LogP contribution in [0.3, 0.4) is 0 Å². The first kappa shape index (κ1) is 18.5. The number of carbonyl (C=O) groups is 1. The summed E-state index contributed by atoms with van der Waals surface area (Å²) in [6.07, 6.45) is 0. The molecule has 0 aliphatic rings. The number of carbonyl (C=O) groups excluding carboxylic acids is 1. The molecule has 0 radical (unpaired) electrons. The normalized spacial score (nSPS) is 10.2. The number of hydrogen-bond acceptors (Lipinski definition) is 3. The molecule has 0 saturated carbocycles.